The predicted molar refractivity (Wildman–Crippen MR) is 61.8 cm³/mol. The molecular weight excluding hydrogens is 210 g/mol. The summed E-state index contributed by atoms with van der Waals surface area (Å²) in [6.45, 7) is 0.980. The molecule has 1 aromatic carbocycles. The molecule has 0 saturated carbocycles. The van der Waals surface area contributed by atoms with Crippen molar-refractivity contribution in [3.63, 3.8) is 0 Å². The fraction of sp³-hybridized carbons (Fsp3) is 0.455. The van der Waals surface area contributed by atoms with E-state index in [1.165, 1.54) is 11.8 Å². The number of aryl methyl sites for hydroxylation is 1. The van der Waals surface area contributed by atoms with Gasteiger partial charge in [-0.3, -0.25) is 0 Å². The molecule has 0 unspecified atom stereocenters. The fourth-order valence-corrected chi connectivity index (χ4v) is 2.00. The average Bonchev–Trinajstić information content (AvgIpc) is 2.18. The highest BCUT2D eigenvalue weighted by molar-refractivity contribution is 7.90. The Morgan fingerprint density at radius 1 is 1.20 bits per heavy atom. The normalized spacial score (nSPS) is 11.6. The number of benzene rings is 1. The molecule has 0 aliphatic rings. The summed E-state index contributed by atoms with van der Waals surface area (Å²) in [5, 5.41) is 3.08. The summed E-state index contributed by atoms with van der Waals surface area (Å²) in [5.41, 5.74) is 1.18. The molecule has 0 atom stereocenters. The summed E-state index contributed by atoms with van der Waals surface area (Å²) in [5.74, 6) is 0. The number of sulfone groups is 1. The van der Waals surface area contributed by atoms with E-state index in [2.05, 4.69) is 5.32 Å². The quantitative estimate of drug-likeness (QED) is 0.770. The van der Waals surface area contributed by atoms with Gasteiger partial charge in [0.2, 0.25) is 0 Å². The zero-order valence-corrected chi connectivity index (χ0v) is 9.97. The van der Waals surface area contributed by atoms with Crippen molar-refractivity contribution in [1.82, 2.24) is 5.32 Å². The summed E-state index contributed by atoms with van der Waals surface area (Å²) in [6.07, 6.45) is 3.27. The van der Waals surface area contributed by atoms with Crippen molar-refractivity contribution in [2.75, 3.05) is 19.8 Å². The van der Waals surface area contributed by atoms with Crippen LogP contribution >= 0.6 is 0 Å². The van der Waals surface area contributed by atoms with Gasteiger partial charge in [0.15, 0.2) is 9.84 Å². The van der Waals surface area contributed by atoms with Gasteiger partial charge in [0, 0.05) is 6.26 Å². The van der Waals surface area contributed by atoms with E-state index in [0.29, 0.717) is 4.90 Å². The maximum atomic E-state index is 11.2. The molecule has 0 saturated heterocycles. The lowest BCUT2D eigenvalue weighted by atomic mass is 10.1. The Labute approximate surface area is 91.4 Å². The Bertz CT molecular complexity index is 395. The third-order valence-electron chi connectivity index (χ3n) is 2.24. The molecule has 0 amide bonds. The van der Waals surface area contributed by atoms with Crippen LogP contribution in [-0.4, -0.2) is 28.3 Å². The van der Waals surface area contributed by atoms with E-state index in [9.17, 15) is 8.42 Å². The summed E-state index contributed by atoms with van der Waals surface area (Å²) in [4.78, 5) is 0.389. The van der Waals surface area contributed by atoms with Crippen molar-refractivity contribution in [2.45, 2.75) is 17.7 Å². The molecule has 0 spiro atoms. The Balaban J connectivity index is 2.65. The molecule has 1 aromatic rings. The fourth-order valence-electron chi connectivity index (χ4n) is 1.37. The summed E-state index contributed by atoms with van der Waals surface area (Å²) in [6, 6.07) is 7.10. The third-order valence-corrected chi connectivity index (χ3v) is 3.37. The lowest BCUT2D eigenvalue weighted by molar-refractivity contribution is 0.602. The molecule has 0 fully saturated rings. The lowest BCUT2D eigenvalue weighted by Crippen LogP contribution is -2.08. The second kappa shape index (κ2) is 5.28. The molecule has 0 aromatic heterocycles. The molecule has 15 heavy (non-hydrogen) atoms. The zero-order chi connectivity index (χ0) is 11.3. The van der Waals surface area contributed by atoms with Crippen molar-refractivity contribution in [3.8, 4) is 0 Å². The summed E-state index contributed by atoms with van der Waals surface area (Å²) >= 11 is 0. The Hall–Kier alpha value is -0.870. The highest BCUT2D eigenvalue weighted by Gasteiger charge is 2.05. The molecule has 0 heterocycles. The van der Waals surface area contributed by atoms with Gasteiger partial charge in [0.1, 0.15) is 0 Å². The minimum Gasteiger partial charge on any atom is -0.320 e. The van der Waals surface area contributed by atoms with Crippen LogP contribution in [0, 0.1) is 0 Å². The smallest absolute Gasteiger partial charge is 0.175 e. The largest absolute Gasteiger partial charge is 0.320 e. The molecule has 0 bridgehead atoms. The standard InChI is InChI=1S/C11H17NO2S/c1-12-9-3-4-10-5-7-11(8-6-10)15(2,13)14/h5-8,12H,3-4,9H2,1-2H3. The van der Waals surface area contributed by atoms with E-state index in [1.54, 1.807) is 12.1 Å². The first kappa shape index (κ1) is 12.2. The van der Waals surface area contributed by atoms with Gasteiger partial charge in [-0.1, -0.05) is 12.1 Å². The molecule has 84 valence electrons. The Kier molecular flexibility index (Phi) is 4.29. The van der Waals surface area contributed by atoms with Crippen LogP contribution in [0.2, 0.25) is 0 Å². The molecule has 1 rings (SSSR count). The minimum atomic E-state index is -3.06. The molecule has 0 aliphatic heterocycles. The van der Waals surface area contributed by atoms with Crippen molar-refractivity contribution < 1.29 is 8.42 Å². The molecule has 0 radical (unpaired) electrons. The van der Waals surface area contributed by atoms with Crippen LogP contribution in [0.15, 0.2) is 29.2 Å². The van der Waals surface area contributed by atoms with Crippen LogP contribution in [0.4, 0.5) is 0 Å². The van der Waals surface area contributed by atoms with Crippen LogP contribution in [0.3, 0.4) is 0 Å². The zero-order valence-electron chi connectivity index (χ0n) is 9.16. The maximum Gasteiger partial charge on any atom is 0.175 e. The van der Waals surface area contributed by atoms with E-state index in [0.717, 1.165) is 19.4 Å². The minimum absolute atomic E-state index is 0.389. The second-order valence-electron chi connectivity index (χ2n) is 3.62. The first-order valence-electron chi connectivity index (χ1n) is 4.97. The number of nitrogens with one attached hydrogen (secondary N) is 1. The van der Waals surface area contributed by atoms with Gasteiger partial charge < -0.3 is 5.32 Å². The number of rotatable bonds is 5. The van der Waals surface area contributed by atoms with Crippen LogP contribution in [0.5, 0.6) is 0 Å². The molecule has 0 aliphatic carbocycles. The monoisotopic (exact) mass is 227 g/mol. The van der Waals surface area contributed by atoms with Gasteiger partial charge in [-0.25, -0.2) is 8.42 Å². The molecule has 4 heteroatoms. The van der Waals surface area contributed by atoms with Crippen LogP contribution in [0.1, 0.15) is 12.0 Å². The van der Waals surface area contributed by atoms with Gasteiger partial charge in [0.25, 0.3) is 0 Å². The van der Waals surface area contributed by atoms with Crippen molar-refractivity contribution in [3.05, 3.63) is 29.8 Å². The van der Waals surface area contributed by atoms with E-state index >= 15 is 0 Å². The van der Waals surface area contributed by atoms with E-state index in [1.807, 2.05) is 19.2 Å². The SMILES string of the molecule is CNCCCc1ccc(S(C)(=O)=O)cc1. The molecule has 1 N–H and O–H groups in total. The van der Waals surface area contributed by atoms with Gasteiger partial charge in [-0.2, -0.15) is 0 Å². The molecular formula is C11H17NO2S. The van der Waals surface area contributed by atoms with Gasteiger partial charge in [0.05, 0.1) is 4.90 Å². The topological polar surface area (TPSA) is 46.2 Å². The van der Waals surface area contributed by atoms with Crippen LogP contribution < -0.4 is 5.32 Å². The van der Waals surface area contributed by atoms with Crippen molar-refractivity contribution >= 4 is 9.84 Å². The van der Waals surface area contributed by atoms with Gasteiger partial charge >= 0.3 is 0 Å². The first-order chi connectivity index (χ1) is 7.04. The highest BCUT2D eigenvalue weighted by atomic mass is 32.2. The average molecular weight is 227 g/mol. The highest BCUT2D eigenvalue weighted by Crippen LogP contribution is 2.11. The summed E-state index contributed by atoms with van der Waals surface area (Å²) in [7, 11) is -1.13. The van der Waals surface area contributed by atoms with Crippen molar-refractivity contribution in [2.24, 2.45) is 0 Å². The maximum absolute atomic E-state index is 11.2. The Morgan fingerprint density at radius 2 is 1.80 bits per heavy atom. The van der Waals surface area contributed by atoms with Gasteiger partial charge in [-0.15, -0.1) is 0 Å². The first-order valence-corrected chi connectivity index (χ1v) is 6.87. The second-order valence-corrected chi connectivity index (χ2v) is 5.64. The number of hydrogen-bond donors (Lipinski definition) is 1. The third kappa shape index (κ3) is 4.01. The lowest BCUT2D eigenvalue weighted by Gasteiger charge is -2.02. The number of hydrogen-bond acceptors (Lipinski definition) is 3. The van der Waals surface area contributed by atoms with Crippen molar-refractivity contribution in [1.29, 1.82) is 0 Å². The van der Waals surface area contributed by atoms with Crippen LogP contribution in [0.25, 0.3) is 0 Å². The van der Waals surface area contributed by atoms with E-state index in [-0.39, 0.29) is 0 Å². The van der Waals surface area contributed by atoms with Gasteiger partial charge in [-0.05, 0) is 44.1 Å². The molecule has 3 nitrogen and oxygen atoms in total. The summed E-state index contributed by atoms with van der Waals surface area (Å²) < 4.78 is 22.4. The predicted octanol–water partition coefficient (Wildman–Crippen LogP) is 1.24. The van der Waals surface area contributed by atoms with E-state index in [4.69, 9.17) is 0 Å². The van der Waals surface area contributed by atoms with Crippen LogP contribution in [-0.2, 0) is 16.3 Å². The van der Waals surface area contributed by atoms with E-state index < -0.39 is 9.84 Å². The Morgan fingerprint density at radius 3 is 2.27 bits per heavy atom.